The maximum Gasteiger partial charge on any atom is 0.306 e. The first-order valence-electron chi connectivity index (χ1n) is 11.3. The molecule has 1 aliphatic heterocycles. The normalized spacial score (nSPS) is 15.3. The Morgan fingerprint density at radius 1 is 1.11 bits per heavy atom. The van der Waals surface area contributed by atoms with E-state index < -0.39 is 29.5 Å². The minimum absolute atomic E-state index is 0.0180. The first-order valence-corrected chi connectivity index (χ1v) is 11.3. The molecule has 9 nitrogen and oxygen atoms in total. The molecule has 0 amide bonds. The van der Waals surface area contributed by atoms with Gasteiger partial charge in [-0.15, -0.1) is 0 Å². The van der Waals surface area contributed by atoms with Gasteiger partial charge in [0, 0.05) is 34.4 Å². The molecular weight excluding hydrogens is 466 g/mol. The third-order valence-corrected chi connectivity index (χ3v) is 6.49. The van der Waals surface area contributed by atoms with E-state index in [2.05, 4.69) is 4.98 Å². The number of fused-ring (bicyclic) bond motifs is 1. The molecule has 0 unspecified atom stereocenters. The Bertz CT molecular complexity index is 1330. The molecule has 9 heteroatoms. The van der Waals surface area contributed by atoms with Crippen LogP contribution in [-0.2, 0) is 20.9 Å². The average Bonchev–Trinajstić information content (AvgIpc) is 3.30. The standard InChI is InChI=1S/C27H27NO8/c1-13-24(31)22-16(11-28-13)12-36-27(22)20-9-18(14(2)29)25(32)23(26(20)33)19(10-21(30)35-4)15-5-7-17(34-3)8-6-15/h5-9,11,19,27,31-33H,10,12H2,1-4H3/t19-,27-/m0/s1. The summed E-state index contributed by atoms with van der Waals surface area (Å²) >= 11 is 0. The van der Waals surface area contributed by atoms with Crippen molar-refractivity contribution < 1.29 is 39.1 Å². The number of carbonyl (C=O) groups excluding carboxylic acids is 2. The second-order valence-corrected chi connectivity index (χ2v) is 8.61. The van der Waals surface area contributed by atoms with Crippen LogP contribution in [0.1, 0.15) is 69.2 Å². The molecule has 3 N–H and O–H groups in total. The molecule has 0 bridgehead atoms. The lowest BCUT2D eigenvalue weighted by molar-refractivity contribution is -0.140. The number of hydrogen-bond acceptors (Lipinski definition) is 9. The van der Waals surface area contributed by atoms with Gasteiger partial charge in [0.15, 0.2) is 5.78 Å². The summed E-state index contributed by atoms with van der Waals surface area (Å²) in [7, 11) is 2.76. The van der Waals surface area contributed by atoms with Gasteiger partial charge in [0.25, 0.3) is 0 Å². The highest BCUT2D eigenvalue weighted by atomic mass is 16.5. The first kappa shape index (κ1) is 25.0. The van der Waals surface area contributed by atoms with Gasteiger partial charge in [-0.25, -0.2) is 0 Å². The average molecular weight is 494 g/mol. The predicted molar refractivity (Wildman–Crippen MR) is 129 cm³/mol. The van der Waals surface area contributed by atoms with Crippen molar-refractivity contribution in [3.05, 3.63) is 75.6 Å². The number of aryl methyl sites for hydroxylation is 1. The van der Waals surface area contributed by atoms with Crippen molar-refractivity contribution >= 4 is 11.8 Å². The van der Waals surface area contributed by atoms with Gasteiger partial charge in [0.1, 0.15) is 29.1 Å². The topological polar surface area (TPSA) is 135 Å². The van der Waals surface area contributed by atoms with Crippen LogP contribution in [-0.4, -0.2) is 46.3 Å². The zero-order valence-electron chi connectivity index (χ0n) is 20.4. The summed E-state index contributed by atoms with van der Waals surface area (Å²) < 4.78 is 16.0. The van der Waals surface area contributed by atoms with Crippen LogP contribution in [0.2, 0.25) is 0 Å². The zero-order chi connectivity index (χ0) is 26.1. The number of rotatable bonds is 7. The molecule has 188 valence electrons. The van der Waals surface area contributed by atoms with E-state index in [1.807, 2.05) is 0 Å². The number of methoxy groups -OCH3 is 2. The molecule has 0 radical (unpaired) electrons. The van der Waals surface area contributed by atoms with Gasteiger partial charge in [-0.05, 0) is 37.6 Å². The van der Waals surface area contributed by atoms with Crippen molar-refractivity contribution in [2.24, 2.45) is 0 Å². The minimum Gasteiger partial charge on any atom is -0.507 e. The molecule has 3 aromatic rings. The highest BCUT2D eigenvalue weighted by Gasteiger charge is 2.36. The maximum atomic E-state index is 12.5. The third-order valence-electron chi connectivity index (χ3n) is 6.49. The Kier molecular flexibility index (Phi) is 6.85. The quantitative estimate of drug-likeness (QED) is 0.329. The molecule has 2 atom stereocenters. The molecule has 0 spiro atoms. The second-order valence-electron chi connectivity index (χ2n) is 8.61. The van der Waals surface area contributed by atoms with Crippen molar-refractivity contribution in [3.63, 3.8) is 0 Å². The Hall–Kier alpha value is -4.11. The molecule has 1 aliphatic rings. The highest BCUT2D eigenvalue weighted by molar-refractivity contribution is 5.98. The molecule has 2 heterocycles. The summed E-state index contributed by atoms with van der Waals surface area (Å²) in [5, 5.41) is 33.4. The van der Waals surface area contributed by atoms with Gasteiger partial charge in [-0.2, -0.15) is 0 Å². The monoisotopic (exact) mass is 493 g/mol. The van der Waals surface area contributed by atoms with Gasteiger partial charge in [-0.3, -0.25) is 14.6 Å². The number of Topliss-reactive ketones (excluding diaryl/α,β-unsaturated/α-hetero) is 1. The van der Waals surface area contributed by atoms with E-state index >= 15 is 0 Å². The van der Waals surface area contributed by atoms with Crippen LogP contribution in [0, 0.1) is 6.92 Å². The van der Waals surface area contributed by atoms with Crippen molar-refractivity contribution in [3.8, 4) is 23.0 Å². The van der Waals surface area contributed by atoms with Crippen LogP contribution in [0.3, 0.4) is 0 Å². The smallest absolute Gasteiger partial charge is 0.306 e. The molecule has 36 heavy (non-hydrogen) atoms. The summed E-state index contributed by atoms with van der Waals surface area (Å²) in [6, 6.07) is 8.14. The van der Waals surface area contributed by atoms with E-state index in [1.54, 1.807) is 37.4 Å². The Morgan fingerprint density at radius 3 is 2.42 bits per heavy atom. The van der Waals surface area contributed by atoms with Crippen molar-refractivity contribution in [2.45, 2.75) is 38.9 Å². The van der Waals surface area contributed by atoms with Crippen molar-refractivity contribution in [1.29, 1.82) is 0 Å². The molecule has 1 aromatic heterocycles. The molecule has 0 fully saturated rings. The lowest BCUT2D eigenvalue weighted by Crippen LogP contribution is -2.13. The van der Waals surface area contributed by atoms with E-state index in [9.17, 15) is 24.9 Å². The number of hydrogen-bond donors (Lipinski definition) is 3. The number of carbonyl (C=O) groups is 2. The second kappa shape index (κ2) is 9.87. The molecule has 4 rings (SSSR count). The summed E-state index contributed by atoms with van der Waals surface area (Å²) in [5.41, 5.74) is 2.14. The van der Waals surface area contributed by atoms with Gasteiger partial charge in [0.05, 0.1) is 38.5 Å². The number of esters is 1. The molecule has 0 saturated carbocycles. The van der Waals surface area contributed by atoms with E-state index in [4.69, 9.17) is 14.2 Å². The number of phenols is 2. The van der Waals surface area contributed by atoms with Crippen molar-refractivity contribution in [1.82, 2.24) is 4.98 Å². The summed E-state index contributed by atoms with van der Waals surface area (Å²) in [4.78, 5) is 29.1. The van der Waals surface area contributed by atoms with Gasteiger partial charge < -0.3 is 29.5 Å². The number of nitrogens with zero attached hydrogens (tertiary/aromatic N) is 1. The van der Waals surface area contributed by atoms with E-state index in [0.717, 1.165) is 0 Å². The van der Waals surface area contributed by atoms with Crippen LogP contribution < -0.4 is 4.74 Å². The van der Waals surface area contributed by atoms with Crippen LogP contribution >= 0.6 is 0 Å². The van der Waals surface area contributed by atoms with Crippen LogP contribution in [0.5, 0.6) is 23.0 Å². The van der Waals surface area contributed by atoms with Gasteiger partial charge in [0.2, 0.25) is 0 Å². The lowest BCUT2D eigenvalue weighted by atomic mass is 9.83. The summed E-state index contributed by atoms with van der Waals surface area (Å²) in [6.45, 7) is 3.07. The number of benzene rings is 2. The molecule has 2 aromatic carbocycles. The van der Waals surface area contributed by atoms with E-state index in [-0.39, 0.29) is 41.2 Å². The summed E-state index contributed by atoms with van der Waals surface area (Å²) in [5.74, 6) is -2.18. The number of ketones is 1. The fraction of sp³-hybridized carbons (Fsp3) is 0.296. The predicted octanol–water partition coefficient (Wildman–Crippen LogP) is 4.03. The van der Waals surface area contributed by atoms with Crippen molar-refractivity contribution in [2.75, 3.05) is 14.2 Å². The molecule has 0 saturated heterocycles. The first-order chi connectivity index (χ1) is 17.2. The Labute approximate surface area is 207 Å². The van der Waals surface area contributed by atoms with Gasteiger partial charge >= 0.3 is 5.97 Å². The number of pyridine rings is 1. The van der Waals surface area contributed by atoms with Crippen LogP contribution in [0.15, 0.2) is 36.5 Å². The minimum atomic E-state index is -0.922. The SMILES string of the molecule is COC(=O)C[C@@H](c1ccc(OC)cc1)c1c(O)c(C(C)=O)cc([C@@H]2OCc3cnc(C)c(O)c32)c1O. The zero-order valence-corrected chi connectivity index (χ0v) is 20.4. The molecular formula is C27H27NO8. The van der Waals surface area contributed by atoms with E-state index in [1.165, 1.54) is 27.2 Å². The fourth-order valence-electron chi connectivity index (χ4n) is 4.54. The Balaban J connectivity index is 1.96. The van der Waals surface area contributed by atoms with E-state index in [0.29, 0.717) is 28.1 Å². The fourth-order valence-corrected chi connectivity index (χ4v) is 4.54. The number of aromatic nitrogens is 1. The van der Waals surface area contributed by atoms with Gasteiger partial charge in [-0.1, -0.05) is 12.1 Å². The van der Waals surface area contributed by atoms with Crippen LogP contribution in [0.4, 0.5) is 0 Å². The lowest BCUT2D eigenvalue weighted by Gasteiger charge is -2.24. The number of ether oxygens (including phenoxy) is 3. The molecule has 0 aliphatic carbocycles. The maximum absolute atomic E-state index is 12.5. The van der Waals surface area contributed by atoms with Crippen LogP contribution in [0.25, 0.3) is 0 Å². The third kappa shape index (κ3) is 4.33. The Morgan fingerprint density at radius 2 is 1.81 bits per heavy atom. The summed E-state index contributed by atoms with van der Waals surface area (Å²) in [6.07, 6.45) is 0.446. The number of phenolic OH excluding ortho intramolecular Hbond substituents is 2. The largest absolute Gasteiger partial charge is 0.507 e. The highest BCUT2D eigenvalue weighted by Crippen LogP contribution is 2.50. The number of aromatic hydroxyl groups is 3.